The number of amides is 1. The second kappa shape index (κ2) is 5.74. The molecule has 1 aliphatic rings. The molecule has 106 valence electrons. The van der Waals surface area contributed by atoms with E-state index in [0.29, 0.717) is 12.5 Å². The van der Waals surface area contributed by atoms with Gasteiger partial charge in [0.1, 0.15) is 0 Å². The fourth-order valence-electron chi connectivity index (χ4n) is 2.76. The standard InChI is InChI=1S/C14H24N4O/c1-10-13(11(2)18(4)16-10)5-6-14(19)17(3)12-7-8-15-9-12/h12,15H,5-9H2,1-4H3. The van der Waals surface area contributed by atoms with Gasteiger partial charge in [0.15, 0.2) is 0 Å². The molecule has 2 rings (SSSR count). The van der Waals surface area contributed by atoms with E-state index in [1.54, 1.807) is 0 Å². The van der Waals surface area contributed by atoms with E-state index in [1.165, 1.54) is 5.56 Å². The number of aromatic nitrogens is 2. The van der Waals surface area contributed by atoms with Crippen molar-refractivity contribution in [3.05, 3.63) is 17.0 Å². The number of aryl methyl sites for hydroxylation is 2. The molecule has 1 aromatic heterocycles. The first-order chi connectivity index (χ1) is 9.00. The predicted molar refractivity (Wildman–Crippen MR) is 75.0 cm³/mol. The van der Waals surface area contributed by atoms with Gasteiger partial charge >= 0.3 is 0 Å². The topological polar surface area (TPSA) is 50.2 Å². The Kier molecular flexibility index (Phi) is 4.24. The van der Waals surface area contributed by atoms with Gasteiger partial charge in [0.05, 0.1) is 5.69 Å². The summed E-state index contributed by atoms with van der Waals surface area (Å²) in [5, 5.41) is 7.69. The summed E-state index contributed by atoms with van der Waals surface area (Å²) in [6.07, 6.45) is 2.42. The Hall–Kier alpha value is -1.36. The van der Waals surface area contributed by atoms with Gasteiger partial charge in [-0.05, 0) is 38.8 Å². The molecule has 1 amide bonds. The molecule has 1 N–H and O–H groups in total. The summed E-state index contributed by atoms with van der Waals surface area (Å²) >= 11 is 0. The molecule has 1 aromatic rings. The molecule has 1 saturated heterocycles. The van der Waals surface area contributed by atoms with Crippen LogP contribution in [0.2, 0.25) is 0 Å². The molecule has 1 aliphatic heterocycles. The normalized spacial score (nSPS) is 18.8. The first kappa shape index (κ1) is 14.1. The van der Waals surface area contributed by atoms with Crippen LogP contribution in [-0.4, -0.2) is 46.8 Å². The van der Waals surface area contributed by atoms with Crippen LogP contribution >= 0.6 is 0 Å². The first-order valence-corrected chi connectivity index (χ1v) is 6.96. The van der Waals surface area contributed by atoms with Gasteiger partial charge in [-0.2, -0.15) is 5.10 Å². The third-order valence-corrected chi connectivity index (χ3v) is 4.22. The van der Waals surface area contributed by atoms with E-state index in [-0.39, 0.29) is 5.91 Å². The number of carbonyl (C=O) groups excluding carboxylic acids is 1. The van der Waals surface area contributed by atoms with Gasteiger partial charge in [-0.15, -0.1) is 0 Å². The van der Waals surface area contributed by atoms with E-state index in [2.05, 4.69) is 17.3 Å². The lowest BCUT2D eigenvalue weighted by Gasteiger charge is -2.23. The number of carbonyl (C=O) groups is 1. The Morgan fingerprint density at radius 2 is 2.26 bits per heavy atom. The highest BCUT2D eigenvalue weighted by Gasteiger charge is 2.23. The largest absolute Gasteiger partial charge is 0.341 e. The molecule has 0 aliphatic carbocycles. The number of hydrogen-bond donors (Lipinski definition) is 1. The minimum absolute atomic E-state index is 0.233. The second-order valence-corrected chi connectivity index (χ2v) is 5.42. The second-order valence-electron chi connectivity index (χ2n) is 5.42. The average Bonchev–Trinajstić information content (AvgIpc) is 2.97. The maximum atomic E-state index is 12.2. The highest BCUT2D eigenvalue weighted by molar-refractivity contribution is 5.76. The van der Waals surface area contributed by atoms with Gasteiger partial charge < -0.3 is 10.2 Å². The van der Waals surface area contributed by atoms with Crippen molar-refractivity contribution in [1.82, 2.24) is 20.0 Å². The average molecular weight is 264 g/mol. The molecular weight excluding hydrogens is 240 g/mol. The SMILES string of the molecule is Cc1nn(C)c(C)c1CCC(=O)N(C)C1CCNC1. The van der Waals surface area contributed by atoms with E-state index in [9.17, 15) is 4.79 Å². The summed E-state index contributed by atoms with van der Waals surface area (Å²) in [6, 6.07) is 0.364. The van der Waals surface area contributed by atoms with E-state index >= 15 is 0 Å². The molecule has 0 spiro atoms. The lowest BCUT2D eigenvalue weighted by molar-refractivity contribution is -0.131. The van der Waals surface area contributed by atoms with Crippen molar-refractivity contribution >= 4 is 5.91 Å². The van der Waals surface area contributed by atoms with Crippen LogP contribution in [0.5, 0.6) is 0 Å². The Morgan fingerprint density at radius 3 is 2.79 bits per heavy atom. The molecule has 0 aromatic carbocycles. The molecule has 5 heteroatoms. The van der Waals surface area contributed by atoms with Gasteiger partial charge in [-0.3, -0.25) is 9.48 Å². The van der Waals surface area contributed by atoms with Crippen molar-refractivity contribution in [3.8, 4) is 0 Å². The zero-order valence-electron chi connectivity index (χ0n) is 12.4. The fraction of sp³-hybridized carbons (Fsp3) is 0.714. The Bertz CT molecular complexity index is 460. The van der Waals surface area contributed by atoms with Crippen molar-refractivity contribution in [2.75, 3.05) is 20.1 Å². The minimum Gasteiger partial charge on any atom is -0.341 e. The van der Waals surface area contributed by atoms with Crippen LogP contribution in [0, 0.1) is 13.8 Å². The van der Waals surface area contributed by atoms with Crippen molar-refractivity contribution in [3.63, 3.8) is 0 Å². The number of likely N-dealkylation sites (N-methyl/N-ethyl adjacent to an activating group) is 1. The third-order valence-electron chi connectivity index (χ3n) is 4.22. The summed E-state index contributed by atoms with van der Waals surface area (Å²) in [6.45, 7) is 6.01. The highest BCUT2D eigenvalue weighted by atomic mass is 16.2. The lowest BCUT2D eigenvalue weighted by Crippen LogP contribution is -2.38. The number of hydrogen-bond acceptors (Lipinski definition) is 3. The van der Waals surface area contributed by atoms with Gasteiger partial charge in [0, 0.05) is 38.8 Å². The summed E-state index contributed by atoms with van der Waals surface area (Å²) < 4.78 is 1.89. The van der Waals surface area contributed by atoms with Crippen LogP contribution in [0.3, 0.4) is 0 Å². The highest BCUT2D eigenvalue weighted by Crippen LogP contribution is 2.15. The monoisotopic (exact) mass is 264 g/mol. The van der Waals surface area contributed by atoms with Gasteiger partial charge in [0.2, 0.25) is 5.91 Å². The Labute approximate surface area is 115 Å². The first-order valence-electron chi connectivity index (χ1n) is 6.96. The zero-order valence-corrected chi connectivity index (χ0v) is 12.4. The molecule has 0 saturated carbocycles. The van der Waals surface area contributed by atoms with Crippen LogP contribution in [-0.2, 0) is 18.3 Å². The molecule has 19 heavy (non-hydrogen) atoms. The summed E-state index contributed by atoms with van der Waals surface area (Å²) in [5.74, 6) is 0.233. The van der Waals surface area contributed by atoms with Crippen LogP contribution in [0.25, 0.3) is 0 Å². The summed E-state index contributed by atoms with van der Waals surface area (Å²) in [4.78, 5) is 14.1. The Balaban J connectivity index is 1.92. The predicted octanol–water partition coefficient (Wildman–Crippen LogP) is 0.790. The zero-order chi connectivity index (χ0) is 14.0. The third kappa shape index (κ3) is 2.97. The smallest absolute Gasteiger partial charge is 0.222 e. The maximum absolute atomic E-state index is 12.2. The van der Waals surface area contributed by atoms with Crippen LogP contribution < -0.4 is 5.32 Å². The van der Waals surface area contributed by atoms with E-state index < -0.39 is 0 Å². The molecule has 2 heterocycles. The lowest BCUT2D eigenvalue weighted by atomic mass is 10.1. The van der Waals surface area contributed by atoms with Crippen molar-refractivity contribution < 1.29 is 4.79 Å². The van der Waals surface area contributed by atoms with Gasteiger partial charge in [-0.25, -0.2) is 0 Å². The van der Waals surface area contributed by atoms with Gasteiger partial charge in [0.25, 0.3) is 0 Å². The quantitative estimate of drug-likeness (QED) is 0.875. The molecule has 5 nitrogen and oxygen atoms in total. The van der Waals surface area contributed by atoms with Crippen LogP contribution in [0.15, 0.2) is 0 Å². The number of nitrogens with one attached hydrogen (secondary N) is 1. The summed E-state index contributed by atoms with van der Waals surface area (Å²) in [5.41, 5.74) is 3.42. The minimum atomic E-state index is 0.233. The Morgan fingerprint density at radius 1 is 1.53 bits per heavy atom. The number of rotatable bonds is 4. The molecule has 0 radical (unpaired) electrons. The van der Waals surface area contributed by atoms with Crippen molar-refractivity contribution in [2.45, 2.75) is 39.2 Å². The van der Waals surface area contributed by atoms with E-state index in [0.717, 1.165) is 37.3 Å². The number of nitrogens with zero attached hydrogens (tertiary/aromatic N) is 3. The van der Waals surface area contributed by atoms with Crippen LogP contribution in [0.1, 0.15) is 29.8 Å². The fourth-order valence-corrected chi connectivity index (χ4v) is 2.76. The molecule has 1 atom stereocenters. The van der Waals surface area contributed by atoms with E-state index in [1.807, 2.05) is 30.6 Å². The maximum Gasteiger partial charge on any atom is 0.222 e. The van der Waals surface area contributed by atoms with Crippen molar-refractivity contribution in [1.29, 1.82) is 0 Å². The molecule has 1 fully saturated rings. The van der Waals surface area contributed by atoms with Crippen LogP contribution in [0.4, 0.5) is 0 Å². The van der Waals surface area contributed by atoms with E-state index in [4.69, 9.17) is 0 Å². The molecule has 1 unspecified atom stereocenters. The van der Waals surface area contributed by atoms with Gasteiger partial charge in [-0.1, -0.05) is 0 Å². The molecule has 0 bridgehead atoms. The molecular formula is C14H24N4O. The van der Waals surface area contributed by atoms with Crippen molar-refractivity contribution in [2.24, 2.45) is 7.05 Å². The summed E-state index contributed by atoms with van der Waals surface area (Å²) in [7, 11) is 3.87.